The second kappa shape index (κ2) is 11.7. The monoisotopic (exact) mass is 585 g/mol. The minimum atomic E-state index is -0.577. The molecule has 10 heteroatoms. The Kier molecular flexibility index (Phi) is 7.63. The molecule has 9 nitrogen and oxygen atoms in total. The van der Waals surface area contributed by atoms with Gasteiger partial charge in [0.2, 0.25) is 11.9 Å². The van der Waals surface area contributed by atoms with Crippen molar-refractivity contribution in [2.75, 3.05) is 29.9 Å². The van der Waals surface area contributed by atoms with Crippen molar-refractivity contribution in [1.29, 1.82) is 0 Å². The van der Waals surface area contributed by atoms with E-state index in [2.05, 4.69) is 26.7 Å². The van der Waals surface area contributed by atoms with Crippen LogP contribution in [0.15, 0.2) is 48.7 Å². The highest BCUT2D eigenvalue weighted by atomic mass is 19.1. The van der Waals surface area contributed by atoms with Crippen molar-refractivity contribution in [3.8, 4) is 0 Å². The lowest BCUT2D eigenvalue weighted by Crippen LogP contribution is -2.45. The number of aryl methyl sites for hydroxylation is 1. The van der Waals surface area contributed by atoms with Gasteiger partial charge in [0.15, 0.2) is 0 Å². The molecule has 7 rings (SSSR count). The van der Waals surface area contributed by atoms with Gasteiger partial charge in [0.25, 0.3) is 0 Å². The van der Waals surface area contributed by atoms with Crippen molar-refractivity contribution >= 4 is 23.3 Å². The molecule has 1 N–H and O–H groups in total. The number of halogens is 1. The van der Waals surface area contributed by atoms with E-state index >= 15 is 0 Å². The zero-order valence-corrected chi connectivity index (χ0v) is 24.8. The minimum Gasteiger partial charge on any atom is -0.336 e. The van der Waals surface area contributed by atoms with Crippen LogP contribution in [-0.4, -0.2) is 68.0 Å². The number of urea groups is 1. The fraction of sp³-hybridized carbons (Fsp3) is 0.515. The third kappa shape index (κ3) is 5.77. The predicted molar refractivity (Wildman–Crippen MR) is 162 cm³/mol. The summed E-state index contributed by atoms with van der Waals surface area (Å²) in [6, 6.07) is 13.7. The lowest BCUT2D eigenvalue weighted by molar-refractivity contribution is -0.133. The van der Waals surface area contributed by atoms with Crippen LogP contribution in [0.25, 0.3) is 0 Å². The lowest BCUT2D eigenvalue weighted by Gasteiger charge is -2.41. The molecule has 0 radical (unpaired) electrons. The lowest BCUT2D eigenvalue weighted by atomic mass is 9.95. The maximum absolute atomic E-state index is 13.3. The number of hydrogen-bond acceptors (Lipinski definition) is 5. The first-order valence-corrected chi connectivity index (χ1v) is 15.8. The van der Waals surface area contributed by atoms with Gasteiger partial charge in [-0.1, -0.05) is 18.2 Å². The Morgan fingerprint density at radius 2 is 1.79 bits per heavy atom. The summed E-state index contributed by atoms with van der Waals surface area (Å²) in [5.41, 5.74) is 3.74. The van der Waals surface area contributed by atoms with Crippen LogP contribution >= 0.6 is 0 Å². The number of imidazole rings is 1. The van der Waals surface area contributed by atoms with E-state index in [0.717, 1.165) is 68.8 Å². The summed E-state index contributed by atoms with van der Waals surface area (Å²) in [6.45, 7) is 5.12. The van der Waals surface area contributed by atoms with Gasteiger partial charge in [-0.2, -0.15) is 4.39 Å². The topological polar surface area (TPSA) is 86.6 Å². The quantitative estimate of drug-likeness (QED) is 0.362. The second-order valence-corrected chi connectivity index (χ2v) is 12.6. The summed E-state index contributed by atoms with van der Waals surface area (Å²) in [4.78, 5) is 41.1. The van der Waals surface area contributed by atoms with Gasteiger partial charge >= 0.3 is 6.03 Å². The van der Waals surface area contributed by atoms with E-state index in [4.69, 9.17) is 4.98 Å². The van der Waals surface area contributed by atoms with E-state index in [0.29, 0.717) is 42.8 Å². The van der Waals surface area contributed by atoms with E-state index in [1.54, 1.807) is 4.90 Å². The first kappa shape index (κ1) is 28.0. The molecule has 3 atom stereocenters. The van der Waals surface area contributed by atoms with E-state index in [-0.39, 0.29) is 11.9 Å². The average molecular weight is 586 g/mol. The number of para-hydroxylation sites is 1. The third-order valence-electron chi connectivity index (χ3n) is 9.78. The van der Waals surface area contributed by atoms with Gasteiger partial charge in [0.05, 0.1) is 24.1 Å². The molecule has 0 spiro atoms. The smallest absolute Gasteiger partial charge is 0.326 e. The molecule has 2 bridgehead atoms. The van der Waals surface area contributed by atoms with Crippen LogP contribution in [0, 0.1) is 18.8 Å². The van der Waals surface area contributed by atoms with E-state index < -0.39 is 5.95 Å². The molecule has 3 amide bonds. The molecule has 226 valence electrons. The van der Waals surface area contributed by atoms with Crippen molar-refractivity contribution in [3.05, 3.63) is 71.8 Å². The maximum atomic E-state index is 13.3. The zero-order valence-electron chi connectivity index (χ0n) is 24.8. The molecule has 3 aliphatic heterocycles. The van der Waals surface area contributed by atoms with E-state index in [9.17, 15) is 14.0 Å². The van der Waals surface area contributed by atoms with E-state index in [1.165, 1.54) is 36.9 Å². The number of fused-ring (bicyclic) bond motifs is 3. The van der Waals surface area contributed by atoms with Crippen LogP contribution in [0.2, 0.25) is 0 Å². The zero-order chi connectivity index (χ0) is 29.5. The van der Waals surface area contributed by atoms with Crippen molar-refractivity contribution in [2.45, 2.75) is 83.0 Å². The summed E-state index contributed by atoms with van der Waals surface area (Å²) < 4.78 is 15.8. The Hall–Kier alpha value is -3.79. The Morgan fingerprint density at radius 1 is 1.02 bits per heavy atom. The highest BCUT2D eigenvalue weighted by Gasteiger charge is 2.43. The molecule has 4 aliphatic rings. The fourth-order valence-electron chi connectivity index (χ4n) is 7.63. The molecule has 1 aliphatic carbocycles. The molecule has 43 heavy (non-hydrogen) atoms. The standard InChI is InChI=1S/C33H40FN7O2/c1-22-36-29-21-38(32(42)23-8-9-23)17-14-30(29)41(22)28-18-26-11-12-27(19-28)39(26)15-5-16-40(25-6-3-2-4-7-25)33(43)37-24-10-13-31(34)35-20-24/h2-4,6-7,10,13,20,23,26-28H,5,8-9,11-12,14-19,21H2,1H3,(H,37,43)/t26-,27+,28?. The van der Waals surface area contributed by atoms with Gasteiger partial charge in [-0.05, 0) is 76.1 Å². The van der Waals surface area contributed by atoms with Crippen molar-refractivity contribution in [1.82, 2.24) is 24.3 Å². The number of benzene rings is 1. The first-order valence-electron chi connectivity index (χ1n) is 15.8. The summed E-state index contributed by atoms with van der Waals surface area (Å²) in [5, 5.41) is 2.87. The molecule has 1 saturated carbocycles. The van der Waals surface area contributed by atoms with E-state index in [1.807, 2.05) is 35.2 Å². The molecule has 1 unspecified atom stereocenters. The van der Waals surface area contributed by atoms with Gasteiger partial charge in [0.1, 0.15) is 5.82 Å². The second-order valence-electron chi connectivity index (χ2n) is 12.6. The van der Waals surface area contributed by atoms with Gasteiger partial charge < -0.3 is 14.8 Å². The number of pyridine rings is 1. The number of amides is 3. The molecule has 3 aromatic rings. The van der Waals surface area contributed by atoms with Crippen molar-refractivity contribution < 1.29 is 14.0 Å². The number of nitrogens with one attached hydrogen (secondary N) is 1. The van der Waals surface area contributed by atoms with Crippen molar-refractivity contribution in [2.24, 2.45) is 5.92 Å². The molecule has 5 heterocycles. The maximum Gasteiger partial charge on any atom is 0.326 e. The number of hydrogen-bond donors (Lipinski definition) is 1. The molecular weight excluding hydrogens is 545 g/mol. The molecule has 3 fully saturated rings. The predicted octanol–water partition coefficient (Wildman–Crippen LogP) is 5.32. The molecule has 2 saturated heterocycles. The highest BCUT2D eigenvalue weighted by molar-refractivity contribution is 6.01. The van der Waals surface area contributed by atoms with Crippen LogP contribution in [0.3, 0.4) is 0 Å². The number of nitrogens with zero attached hydrogens (tertiary/aromatic N) is 6. The number of carbonyl (C=O) groups is 2. The Balaban J connectivity index is 0.986. The van der Waals surface area contributed by atoms with Crippen molar-refractivity contribution in [3.63, 3.8) is 0 Å². The van der Waals surface area contributed by atoms with Gasteiger partial charge in [-0.25, -0.2) is 14.8 Å². The molecule has 2 aromatic heterocycles. The number of anilines is 2. The Morgan fingerprint density at radius 3 is 2.49 bits per heavy atom. The average Bonchev–Trinajstić information content (AvgIpc) is 3.77. The summed E-state index contributed by atoms with van der Waals surface area (Å²) in [7, 11) is 0. The van der Waals surface area contributed by atoms with Crippen LogP contribution in [0.5, 0.6) is 0 Å². The molecule has 1 aromatic carbocycles. The summed E-state index contributed by atoms with van der Waals surface area (Å²) in [5.74, 6) is 1.08. The summed E-state index contributed by atoms with van der Waals surface area (Å²) >= 11 is 0. The van der Waals surface area contributed by atoms with Gasteiger partial charge in [-0.3, -0.25) is 14.6 Å². The highest BCUT2D eigenvalue weighted by Crippen LogP contribution is 2.43. The van der Waals surface area contributed by atoms with Crippen LogP contribution in [0.4, 0.5) is 20.6 Å². The Labute approximate surface area is 252 Å². The number of carbonyl (C=O) groups excluding carboxylic acids is 2. The Bertz CT molecular complexity index is 1460. The van der Waals surface area contributed by atoms with Crippen LogP contribution in [0.1, 0.15) is 68.2 Å². The van der Waals surface area contributed by atoms with Gasteiger partial charge in [0, 0.05) is 61.5 Å². The minimum absolute atomic E-state index is 0.251. The van der Waals surface area contributed by atoms with Crippen LogP contribution in [-0.2, 0) is 17.8 Å². The number of rotatable bonds is 8. The SMILES string of the molecule is Cc1nc2c(n1C1C[C@H]3CC[C@@H](C1)N3CCCN(C(=O)Nc1ccc(F)nc1)c1ccccc1)CCN(C(=O)C1CC1)C2. The third-order valence-corrected chi connectivity index (χ3v) is 9.78. The first-order chi connectivity index (χ1) is 20.9. The number of aromatic nitrogens is 3. The summed E-state index contributed by atoms with van der Waals surface area (Å²) in [6.07, 6.45) is 9.83. The fourth-order valence-corrected chi connectivity index (χ4v) is 7.63. The van der Waals surface area contributed by atoms with Crippen LogP contribution < -0.4 is 10.2 Å². The largest absolute Gasteiger partial charge is 0.336 e. The number of piperidine rings is 1. The molecular formula is C33H40FN7O2. The normalized spacial score (nSPS) is 23.2. The van der Waals surface area contributed by atoms with Gasteiger partial charge in [-0.15, -0.1) is 0 Å².